The zero-order valence-corrected chi connectivity index (χ0v) is 17.6. The van der Waals surface area contributed by atoms with Crippen molar-refractivity contribution in [2.45, 2.75) is 25.8 Å². The predicted molar refractivity (Wildman–Crippen MR) is 109 cm³/mol. The summed E-state index contributed by atoms with van der Waals surface area (Å²) in [4.78, 5) is 12.8. The van der Waals surface area contributed by atoms with E-state index in [0.29, 0.717) is 17.5 Å². The second kappa shape index (κ2) is 9.02. The number of imidazole rings is 1. The van der Waals surface area contributed by atoms with Crippen LogP contribution in [0, 0.1) is 13.8 Å². The fraction of sp³-hybridized carbons (Fsp3) is 0.316. The van der Waals surface area contributed by atoms with Gasteiger partial charge in [-0.3, -0.25) is 4.57 Å². The minimum Gasteiger partial charge on any atom is -0.369 e. The molecule has 8 nitrogen and oxygen atoms in total. The molecule has 1 aromatic carbocycles. The average molecular weight is 454 g/mol. The molecule has 0 bridgehead atoms. The van der Waals surface area contributed by atoms with E-state index < -0.39 is 27.5 Å². The Morgan fingerprint density at radius 2 is 1.77 bits per heavy atom. The normalized spacial score (nSPS) is 12.2. The number of nitrogens with one attached hydrogen (secondary N) is 2. The molecule has 0 saturated carbocycles. The Balaban J connectivity index is 1.54. The van der Waals surface area contributed by atoms with Crippen molar-refractivity contribution in [3.8, 4) is 5.82 Å². The number of aromatic nitrogens is 4. The Bertz CT molecular complexity index is 1140. The maximum atomic E-state index is 12.6. The number of aryl methyl sites for hydroxylation is 2. The summed E-state index contributed by atoms with van der Waals surface area (Å²) in [5, 5.41) is 3.03. The van der Waals surface area contributed by atoms with Crippen molar-refractivity contribution in [3.05, 3.63) is 65.5 Å². The minimum absolute atomic E-state index is 0.0749. The third-order valence-corrected chi connectivity index (χ3v) is 5.65. The topological polar surface area (TPSA) is 102 Å². The Kier molecular flexibility index (Phi) is 6.60. The summed E-state index contributed by atoms with van der Waals surface area (Å²) in [5.74, 6) is 2.04. The number of sulfonamides is 1. The molecule has 2 heterocycles. The molecule has 31 heavy (non-hydrogen) atoms. The number of halogens is 3. The van der Waals surface area contributed by atoms with Gasteiger partial charge < -0.3 is 5.32 Å². The largest absolute Gasteiger partial charge is 0.416 e. The maximum absolute atomic E-state index is 12.6. The lowest BCUT2D eigenvalue weighted by molar-refractivity contribution is -0.137. The highest BCUT2D eigenvalue weighted by Gasteiger charge is 2.30. The van der Waals surface area contributed by atoms with Crippen molar-refractivity contribution in [1.82, 2.24) is 24.2 Å². The molecule has 0 amide bonds. The number of hydrogen-bond donors (Lipinski definition) is 2. The molecule has 0 aliphatic carbocycles. The highest BCUT2D eigenvalue weighted by Crippen LogP contribution is 2.29. The van der Waals surface area contributed by atoms with E-state index in [2.05, 4.69) is 25.0 Å². The number of benzene rings is 1. The van der Waals surface area contributed by atoms with Crippen molar-refractivity contribution in [1.29, 1.82) is 0 Å². The lowest BCUT2D eigenvalue weighted by Crippen LogP contribution is -2.30. The van der Waals surface area contributed by atoms with Crippen LogP contribution in [0.2, 0.25) is 0 Å². The minimum atomic E-state index is -4.46. The van der Waals surface area contributed by atoms with Crippen LogP contribution in [0.3, 0.4) is 0 Å². The number of anilines is 1. The van der Waals surface area contributed by atoms with Crippen LogP contribution in [0.15, 0.2) is 42.7 Å². The molecule has 3 aromatic rings. The van der Waals surface area contributed by atoms with Gasteiger partial charge in [0.25, 0.3) is 0 Å². The standard InChI is InChI=1S/C19H21F3N6O2S/c1-13-26-17(11-18(27-13)28-10-9-23-14(28)2)24-7-8-25-31(29,30)12-15-3-5-16(6-4-15)19(20,21)22/h3-6,9-11,25H,7-8,12H2,1-2H3,(H,24,26,27). The molecule has 2 N–H and O–H groups in total. The highest BCUT2D eigenvalue weighted by atomic mass is 32.2. The summed E-state index contributed by atoms with van der Waals surface area (Å²) in [7, 11) is -3.71. The van der Waals surface area contributed by atoms with Crippen LogP contribution < -0.4 is 10.0 Å². The second-order valence-corrected chi connectivity index (χ2v) is 8.58. The maximum Gasteiger partial charge on any atom is 0.416 e. The average Bonchev–Trinajstić information content (AvgIpc) is 3.10. The van der Waals surface area contributed by atoms with Crippen LogP contribution in [-0.4, -0.2) is 41.0 Å². The van der Waals surface area contributed by atoms with Gasteiger partial charge in [0.05, 0.1) is 11.3 Å². The molecule has 2 aromatic heterocycles. The Labute approximate surface area is 177 Å². The van der Waals surface area contributed by atoms with Crippen LogP contribution in [0.5, 0.6) is 0 Å². The van der Waals surface area contributed by atoms with Crippen molar-refractivity contribution in [2.75, 3.05) is 18.4 Å². The van der Waals surface area contributed by atoms with Gasteiger partial charge >= 0.3 is 6.18 Å². The van der Waals surface area contributed by atoms with E-state index in [-0.39, 0.29) is 18.7 Å². The van der Waals surface area contributed by atoms with E-state index in [0.717, 1.165) is 30.1 Å². The van der Waals surface area contributed by atoms with Crippen molar-refractivity contribution >= 4 is 15.8 Å². The van der Waals surface area contributed by atoms with Crippen molar-refractivity contribution in [3.63, 3.8) is 0 Å². The smallest absolute Gasteiger partial charge is 0.369 e. The number of hydrogen-bond acceptors (Lipinski definition) is 6. The van der Waals surface area contributed by atoms with Crippen molar-refractivity contribution < 1.29 is 21.6 Å². The number of rotatable bonds is 8. The third kappa shape index (κ3) is 6.25. The molecule has 0 aliphatic heterocycles. The summed E-state index contributed by atoms with van der Waals surface area (Å²) < 4.78 is 66.4. The fourth-order valence-corrected chi connectivity index (χ4v) is 3.99. The SMILES string of the molecule is Cc1nc(NCCNS(=O)(=O)Cc2ccc(C(F)(F)F)cc2)cc(-n2ccnc2C)n1. The molecular formula is C19H21F3N6O2S. The zero-order valence-electron chi connectivity index (χ0n) is 16.8. The molecule has 166 valence electrons. The predicted octanol–water partition coefficient (Wildman–Crippen LogP) is 2.83. The molecule has 12 heteroatoms. The summed E-state index contributed by atoms with van der Waals surface area (Å²) >= 11 is 0. The second-order valence-electron chi connectivity index (χ2n) is 6.78. The zero-order chi connectivity index (χ0) is 22.6. The first kappa shape index (κ1) is 22.7. The van der Waals surface area contributed by atoms with E-state index >= 15 is 0 Å². The molecule has 0 atom stereocenters. The summed E-state index contributed by atoms with van der Waals surface area (Å²) in [6.07, 6.45) is -1.03. The fourth-order valence-electron chi connectivity index (χ4n) is 2.84. The van der Waals surface area contributed by atoms with Gasteiger partial charge in [0, 0.05) is 31.5 Å². The number of alkyl halides is 3. The van der Waals surface area contributed by atoms with Crippen LogP contribution in [0.4, 0.5) is 19.0 Å². The van der Waals surface area contributed by atoms with E-state index in [9.17, 15) is 21.6 Å². The summed E-state index contributed by atoms with van der Waals surface area (Å²) in [5.41, 5.74) is -0.559. The Morgan fingerprint density at radius 1 is 1.06 bits per heavy atom. The lowest BCUT2D eigenvalue weighted by Gasteiger charge is -2.11. The van der Waals surface area contributed by atoms with E-state index in [1.807, 2.05) is 6.92 Å². The third-order valence-electron chi connectivity index (χ3n) is 4.29. The van der Waals surface area contributed by atoms with Crippen LogP contribution >= 0.6 is 0 Å². The monoisotopic (exact) mass is 454 g/mol. The van der Waals surface area contributed by atoms with Gasteiger partial charge in [-0.1, -0.05) is 12.1 Å². The van der Waals surface area contributed by atoms with Gasteiger partial charge in [-0.05, 0) is 31.5 Å². The highest BCUT2D eigenvalue weighted by molar-refractivity contribution is 7.88. The molecule has 0 unspecified atom stereocenters. The molecule has 3 rings (SSSR count). The number of nitrogens with zero attached hydrogens (tertiary/aromatic N) is 4. The molecule has 0 saturated heterocycles. The molecule has 0 radical (unpaired) electrons. The molecule has 0 fully saturated rings. The van der Waals surface area contributed by atoms with Crippen LogP contribution in [0.1, 0.15) is 22.8 Å². The van der Waals surface area contributed by atoms with Gasteiger partial charge in [-0.15, -0.1) is 0 Å². The lowest BCUT2D eigenvalue weighted by atomic mass is 10.1. The van der Waals surface area contributed by atoms with Crippen LogP contribution in [0.25, 0.3) is 5.82 Å². The van der Waals surface area contributed by atoms with E-state index in [1.165, 1.54) is 0 Å². The first-order valence-electron chi connectivity index (χ1n) is 9.27. The van der Waals surface area contributed by atoms with E-state index in [4.69, 9.17) is 0 Å². The molecule has 0 aliphatic rings. The van der Waals surface area contributed by atoms with Gasteiger partial charge in [-0.25, -0.2) is 28.1 Å². The van der Waals surface area contributed by atoms with E-state index in [1.54, 1.807) is 30.0 Å². The van der Waals surface area contributed by atoms with Crippen molar-refractivity contribution in [2.24, 2.45) is 0 Å². The van der Waals surface area contributed by atoms with Crippen LogP contribution in [-0.2, 0) is 22.0 Å². The van der Waals surface area contributed by atoms with Gasteiger partial charge in [0.15, 0.2) is 0 Å². The van der Waals surface area contributed by atoms with Gasteiger partial charge in [-0.2, -0.15) is 13.2 Å². The first-order valence-corrected chi connectivity index (χ1v) is 10.9. The molecular weight excluding hydrogens is 433 g/mol. The first-order chi connectivity index (χ1) is 14.5. The molecule has 0 spiro atoms. The van der Waals surface area contributed by atoms with Gasteiger partial charge in [0.2, 0.25) is 10.0 Å². The summed E-state index contributed by atoms with van der Waals surface area (Å²) in [6.45, 7) is 3.92. The Morgan fingerprint density at radius 3 is 2.39 bits per heavy atom. The Hall–Kier alpha value is -2.99. The summed E-state index contributed by atoms with van der Waals surface area (Å²) in [6, 6.07) is 5.76. The quantitative estimate of drug-likeness (QED) is 0.508. The van der Waals surface area contributed by atoms with Gasteiger partial charge in [0.1, 0.15) is 23.3 Å².